The Kier molecular flexibility index (Phi) is 4.45. The Morgan fingerprint density at radius 2 is 2.00 bits per heavy atom. The number of sulfonamides is 1. The minimum Gasteiger partial charge on any atom is -0.480 e. The normalized spacial score (nSPS) is 13.0. The summed E-state index contributed by atoms with van der Waals surface area (Å²) in [6, 6.07) is 4.50. The molecule has 0 spiro atoms. The fourth-order valence-electron chi connectivity index (χ4n) is 1.69. The van der Waals surface area contributed by atoms with Gasteiger partial charge in [0, 0.05) is 23.3 Å². The summed E-state index contributed by atoms with van der Waals surface area (Å²) in [5.74, 6) is -1.30. The number of aromatic nitrogens is 2. The molecule has 0 aliphatic carbocycles. The van der Waals surface area contributed by atoms with Crippen LogP contribution in [0.3, 0.4) is 0 Å². The molecule has 1 unspecified atom stereocenters. The third-order valence-electron chi connectivity index (χ3n) is 2.70. The molecule has 1 aromatic carbocycles. The average Bonchev–Trinajstić information content (AvgIpc) is 2.82. The predicted octanol–water partition coefficient (Wildman–Crippen LogP) is 1.29. The first kappa shape index (κ1) is 15.7. The lowest BCUT2D eigenvalue weighted by Crippen LogP contribution is -2.33. The molecule has 0 saturated heterocycles. The number of halogens is 1. The summed E-state index contributed by atoms with van der Waals surface area (Å²) in [6.45, 7) is 0. The van der Waals surface area contributed by atoms with Gasteiger partial charge in [-0.15, -0.1) is 0 Å². The lowest BCUT2D eigenvalue weighted by Gasteiger charge is -2.13. The summed E-state index contributed by atoms with van der Waals surface area (Å²) in [5.41, 5.74) is 0.255. The van der Waals surface area contributed by atoms with E-state index >= 15 is 0 Å². The molecule has 1 heterocycles. The van der Waals surface area contributed by atoms with Gasteiger partial charge in [0.2, 0.25) is 10.0 Å². The third kappa shape index (κ3) is 3.69. The van der Waals surface area contributed by atoms with Crippen molar-refractivity contribution in [2.45, 2.75) is 10.9 Å². The number of benzene rings is 1. The van der Waals surface area contributed by atoms with Crippen molar-refractivity contribution in [1.82, 2.24) is 14.5 Å². The van der Waals surface area contributed by atoms with E-state index < -0.39 is 22.0 Å². The summed E-state index contributed by atoms with van der Waals surface area (Å²) in [6.07, 6.45) is 2.76. The van der Waals surface area contributed by atoms with E-state index in [-0.39, 0.29) is 10.5 Å². The molecule has 0 radical (unpaired) electrons. The Balaban J connectivity index is 2.32. The maximum Gasteiger partial charge on any atom is 0.326 e. The minimum atomic E-state index is -3.95. The molecule has 2 rings (SSSR count). The van der Waals surface area contributed by atoms with Gasteiger partial charge < -0.3 is 5.11 Å². The van der Waals surface area contributed by atoms with E-state index in [4.69, 9.17) is 0 Å². The number of carboxylic acid groups (broad SMARTS) is 1. The molecular weight excluding hydrogens is 362 g/mol. The van der Waals surface area contributed by atoms with Crippen LogP contribution in [0.25, 0.3) is 0 Å². The lowest BCUT2D eigenvalue weighted by molar-refractivity contribution is -0.139. The lowest BCUT2D eigenvalue weighted by atomic mass is 10.2. The Morgan fingerprint density at radius 3 is 2.48 bits per heavy atom. The molecule has 0 saturated carbocycles. The highest BCUT2D eigenvalue weighted by atomic mass is 79.9. The number of nitrogens with one attached hydrogen (secondary N) is 1. The van der Waals surface area contributed by atoms with Crippen LogP contribution >= 0.6 is 15.9 Å². The highest BCUT2D eigenvalue weighted by Crippen LogP contribution is 2.19. The van der Waals surface area contributed by atoms with Crippen molar-refractivity contribution in [2.24, 2.45) is 7.05 Å². The molecule has 0 bridgehead atoms. The SMILES string of the molecule is Cn1cc(C(NS(=O)(=O)c2ccc(Br)cc2)C(=O)O)cn1. The van der Waals surface area contributed by atoms with E-state index in [9.17, 15) is 18.3 Å². The summed E-state index contributed by atoms with van der Waals surface area (Å²) >= 11 is 3.21. The van der Waals surface area contributed by atoms with Gasteiger partial charge in [-0.1, -0.05) is 15.9 Å². The van der Waals surface area contributed by atoms with E-state index in [1.165, 1.54) is 29.2 Å². The predicted molar refractivity (Wildman–Crippen MR) is 78.0 cm³/mol. The number of aryl methyl sites for hydroxylation is 1. The van der Waals surface area contributed by atoms with Crippen molar-refractivity contribution in [2.75, 3.05) is 0 Å². The third-order valence-corrected chi connectivity index (χ3v) is 4.67. The molecule has 0 amide bonds. The summed E-state index contributed by atoms with van der Waals surface area (Å²) in [7, 11) is -2.33. The zero-order chi connectivity index (χ0) is 15.6. The van der Waals surface area contributed by atoms with Crippen LogP contribution in [0.4, 0.5) is 0 Å². The number of hydrogen-bond donors (Lipinski definition) is 2. The highest BCUT2D eigenvalue weighted by molar-refractivity contribution is 9.10. The van der Waals surface area contributed by atoms with Crippen molar-refractivity contribution in [3.8, 4) is 0 Å². The van der Waals surface area contributed by atoms with E-state index in [0.29, 0.717) is 0 Å². The zero-order valence-electron chi connectivity index (χ0n) is 10.9. The maximum atomic E-state index is 12.2. The second kappa shape index (κ2) is 5.96. The van der Waals surface area contributed by atoms with Crippen LogP contribution in [0.15, 0.2) is 46.0 Å². The van der Waals surface area contributed by atoms with Gasteiger partial charge in [-0.05, 0) is 24.3 Å². The fraction of sp³-hybridized carbons (Fsp3) is 0.167. The molecule has 0 aliphatic heterocycles. The minimum absolute atomic E-state index is 0.0131. The van der Waals surface area contributed by atoms with Gasteiger partial charge in [-0.3, -0.25) is 9.48 Å². The molecule has 1 atom stereocenters. The van der Waals surface area contributed by atoms with Crippen LogP contribution in [-0.2, 0) is 21.9 Å². The smallest absolute Gasteiger partial charge is 0.326 e. The first-order valence-corrected chi connectivity index (χ1v) is 8.06. The first-order chi connectivity index (χ1) is 9.79. The van der Waals surface area contributed by atoms with E-state index in [0.717, 1.165) is 4.47 Å². The van der Waals surface area contributed by atoms with Crippen LogP contribution < -0.4 is 4.72 Å². The standard InChI is InChI=1S/C12H12BrN3O4S/c1-16-7-8(6-14-16)11(12(17)18)15-21(19,20)10-4-2-9(13)3-5-10/h2-7,11,15H,1H3,(H,17,18). The van der Waals surface area contributed by atoms with Crippen molar-refractivity contribution in [1.29, 1.82) is 0 Å². The molecule has 0 fully saturated rings. The van der Waals surface area contributed by atoms with Crippen molar-refractivity contribution in [3.05, 3.63) is 46.7 Å². The van der Waals surface area contributed by atoms with E-state index in [1.54, 1.807) is 19.2 Å². The highest BCUT2D eigenvalue weighted by Gasteiger charge is 2.27. The second-order valence-electron chi connectivity index (χ2n) is 4.29. The number of carboxylic acids is 1. The fourth-order valence-corrected chi connectivity index (χ4v) is 3.13. The zero-order valence-corrected chi connectivity index (χ0v) is 13.3. The Morgan fingerprint density at radius 1 is 1.38 bits per heavy atom. The van der Waals surface area contributed by atoms with Crippen LogP contribution in [0.5, 0.6) is 0 Å². The van der Waals surface area contributed by atoms with Crippen LogP contribution in [0.1, 0.15) is 11.6 Å². The van der Waals surface area contributed by atoms with Gasteiger partial charge in [-0.25, -0.2) is 8.42 Å². The van der Waals surface area contributed by atoms with Gasteiger partial charge >= 0.3 is 5.97 Å². The number of nitrogens with zero attached hydrogens (tertiary/aromatic N) is 2. The van der Waals surface area contributed by atoms with Crippen LogP contribution in [0.2, 0.25) is 0 Å². The van der Waals surface area contributed by atoms with Crippen molar-refractivity contribution < 1.29 is 18.3 Å². The van der Waals surface area contributed by atoms with E-state index in [1.807, 2.05) is 0 Å². The molecule has 112 valence electrons. The van der Waals surface area contributed by atoms with E-state index in [2.05, 4.69) is 25.8 Å². The van der Waals surface area contributed by atoms with Gasteiger partial charge in [-0.2, -0.15) is 9.82 Å². The first-order valence-electron chi connectivity index (χ1n) is 5.79. The molecule has 1 aromatic heterocycles. The van der Waals surface area contributed by atoms with Crippen molar-refractivity contribution >= 4 is 31.9 Å². The second-order valence-corrected chi connectivity index (χ2v) is 6.92. The van der Waals surface area contributed by atoms with Gasteiger partial charge in [0.15, 0.2) is 0 Å². The average molecular weight is 374 g/mol. The number of rotatable bonds is 5. The van der Waals surface area contributed by atoms with Crippen LogP contribution in [0, 0.1) is 0 Å². The number of aliphatic carboxylic acids is 1. The molecule has 7 nitrogen and oxygen atoms in total. The largest absolute Gasteiger partial charge is 0.480 e. The number of hydrogen-bond acceptors (Lipinski definition) is 4. The molecule has 2 aromatic rings. The Labute approximate surface area is 129 Å². The summed E-state index contributed by atoms with van der Waals surface area (Å²) < 4.78 is 28.7. The topological polar surface area (TPSA) is 101 Å². The van der Waals surface area contributed by atoms with Gasteiger partial charge in [0.25, 0.3) is 0 Å². The van der Waals surface area contributed by atoms with Gasteiger partial charge in [0.05, 0.1) is 11.1 Å². The maximum absolute atomic E-state index is 12.2. The number of carbonyl (C=O) groups is 1. The molecule has 0 aliphatic rings. The Bertz CT molecular complexity index is 755. The molecule has 9 heteroatoms. The Hall–Kier alpha value is -1.71. The molecular formula is C12H12BrN3O4S. The molecule has 2 N–H and O–H groups in total. The van der Waals surface area contributed by atoms with Crippen LogP contribution in [-0.4, -0.2) is 29.3 Å². The monoisotopic (exact) mass is 373 g/mol. The van der Waals surface area contributed by atoms with Gasteiger partial charge in [0.1, 0.15) is 6.04 Å². The summed E-state index contributed by atoms with van der Waals surface area (Å²) in [5, 5.41) is 13.1. The summed E-state index contributed by atoms with van der Waals surface area (Å²) in [4.78, 5) is 11.3. The van der Waals surface area contributed by atoms with Crippen molar-refractivity contribution in [3.63, 3.8) is 0 Å². The molecule has 21 heavy (non-hydrogen) atoms. The quantitative estimate of drug-likeness (QED) is 0.821.